The topological polar surface area (TPSA) is 84.5 Å². The molecule has 0 heterocycles. The van der Waals surface area contributed by atoms with Crippen LogP contribution in [0.25, 0.3) is 0 Å². The van der Waals surface area contributed by atoms with Crippen LogP contribution in [-0.4, -0.2) is 21.5 Å². The molecule has 1 unspecified atom stereocenters. The van der Waals surface area contributed by atoms with Gasteiger partial charge in [-0.15, -0.1) is 0 Å². The van der Waals surface area contributed by atoms with Crippen molar-refractivity contribution >= 4 is 6.21 Å². The van der Waals surface area contributed by atoms with Crippen LogP contribution in [0.3, 0.4) is 0 Å². The Morgan fingerprint density at radius 3 is 2.08 bits per heavy atom. The number of phenols is 2. The van der Waals surface area contributed by atoms with Crippen molar-refractivity contribution in [2.45, 2.75) is 6.10 Å². The Morgan fingerprint density at radius 2 is 1.67 bits per heavy atom. The van der Waals surface area contributed by atoms with Crippen molar-refractivity contribution in [2.24, 2.45) is 0 Å². The molecule has 4 heteroatoms. The fraction of sp³-hybridized carbons (Fsp3) is 0.125. The van der Waals surface area contributed by atoms with Crippen LogP contribution in [-0.2, 0) is 0 Å². The maximum Gasteiger partial charge on any atom is 0.119 e. The number of aliphatic hydroxyl groups is 1. The highest BCUT2D eigenvalue weighted by Gasteiger charge is 2.05. The molecule has 0 amide bonds. The van der Waals surface area contributed by atoms with Crippen LogP contribution in [0.1, 0.15) is 11.7 Å². The number of hydrogen-bond donors (Lipinski definition) is 4. The van der Waals surface area contributed by atoms with Crippen LogP contribution in [0, 0.1) is 5.41 Å². The molecule has 0 aliphatic rings. The normalized spacial score (nSPS) is 12.4. The fourth-order valence-corrected chi connectivity index (χ4v) is 0.885. The predicted octanol–water partition coefficient (Wildman–Crippen LogP) is 0.781. The monoisotopic (exact) mass is 167 g/mol. The van der Waals surface area contributed by atoms with Gasteiger partial charge in [-0.3, -0.25) is 0 Å². The second-order valence-electron chi connectivity index (χ2n) is 2.39. The van der Waals surface area contributed by atoms with E-state index < -0.39 is 6.10 Å². The van der Waals surface area contributed by atoms with E-state index in [9.17, 15) is 0 Å². The molecule has 0 saturated heterocycles. The first-order valence-corrected chi connectivity index (χ1v) is 3.35. The minimum Gasteiger partial charge on any atom is -0.508 e. The Bertz CT molecular complexity index is 278. The predicted molar refractivity (Wildman–Crippen MR) is 43.5 cm³/mol. The van der Waals surface area contributed by atoms with Gasteiger partial charge in [0, 0.05) is 12.3 Å². The maximum absolute atomic E-state index is 9.11. The minimum atomic E-state index is -1.08. The van der Waals surface area contributed by atoms with Gasteiger partial charge in [-0.1, -0.05) is 0 Å². The van der Waals surface area contributed by atoms with Crippen LogP contribution >= 0.6 is 0 Å². The van der Waals surface area contributed by atoms with Crippen LogP contribution in [0.15, 0.2) is 18.2 Å². The molecule has 1 atom stereocenters. The van der Waals surface area contributed by atoms with Gasteiger partial charge in [0.05, 0.1) is 0 Å². The summed E-state index contributed by atoms with van der Waals surface area (Å²) in [6.45, 7) is 0. The Labute approximate surface area is 69.2 Å². The summed E-state index contributed by atoms with van der Waals surface area (Å²) in [5.41, 5.74) is 0.294. The average Bonchev–Trinajstić information content (AvgIpc) is 2.01. The summed E-state index contributed by atoms with van der Waals surface area (Å²) in [4.78, 5) is 0. The molecule has 0 aromatic heterocycles. The molecule has 64 valence electrons. The summed E-state index contributed by atoms with van der Waals surface area (Å²) in [5, 5.41) is 33.8. The van der Waals surface area contributed by atoms with Gasteiger partial charge in [-0.05, 0) is 17.7 Å². The summed E-state index contributed by atoms with van der Waals surface area (Å²) in [7, 11) is 0. The van der Waals surface area contributed by atoms with Crippen LogP contribution in [0.2, 0.25) is 0 Å². The molecule has 4 nitrogen and oxygen atoms in total. The van der Waals surface area contributed by atoms with E-state index in [1.165, 1.54) is 12.1 Å². The van der Waals surface area contributed by atoms with Crippen molar-refractivity contribution in [3.63, 3.8) is 0 Å². The standard InChI is InChI=1S/C8H9NO3/c9-4-8(12)5-1-6(10)3-7(11)2-5/h1-4,8-12H. The van der Waals surface area contributed by atoms with E-state index in [1.54, 1.807) is 0 Å². The van der Waals surface area contributed by atoms with E-state index in [0.29, 0.717) is 5.56 Å². The fourth-order valence-electron chi connectivity index (χ4n) is 0.885. The van der Waals surface area contributed by atoms with Gasteiger partial charge in [0.15, 0.2) is 0 Å². The van der Waals surface area contributed by atoms with Crippen molar-refractivity contribution in [1.82, 2.24) is 0 Å². The molecule has 1 aromatic carbocycles. The lowest BCUT2D eigenvalue weighted by Gasteiger charge is -2.05. The summed E-state index contributed by atoms with van der Waals surface area (Å²) in [6.07, 6.45) is -0.267. The lowest BCUT2D eigenvalue weighted by Crippen LogP contribution is -1.96. The van der Waals surface area contributed by atoms with Gasteiger partial charge in [0.2, 0.25) is 0 Å². The number of rotatable bonds is 2. The van der Waals surface area contributed by atoms with Crippen LogP contribution < -0.4 is 0 Å². The van der Waals surface area contributed by atoms with Crippen molar-refractivity contribution in [2.75, 3.05) is 0 Å². The maximum atomic E-state index is 9.11. The molecule has 0 fully saturated rings. The van der Waals surface area contributed by atoms with Crippen LogP contribution in [0.5, 0.6) is 11.5 Å². The lowest BCUT2D eigenvalue weighted by atomic mass is 10.1. The Kier molecular flexibility index (Phi) is 2.30. The molecule has 1 aromatic rings. The molecule has 4 N–H and O–H groups in total. The average molecular weight is 167 g/mol. The Balaban J connectivity index is 3.08. The van der Waals surface area contributed by atoms with E-state index in [4.69, 9.17) is 20.7 Å². The van der Waals surface area contributed by atoms with E-state index in [2.05, 4.69) is 0 Å². The number of aromatic hydroxyl groups is 2. The van der Waals surface area contributed by atoms with Gasteiger partial charge in [0.1, 0.15) is 17.6 Å². The third kappa shape index (κ3) is 1.73. The molecule has 0 radical (unpaired) electrons. The highest BCUT2D eigenvalue weighted by Crippen LogP contribution is 2.23. The molecule has 12 heavy (non-hydrogen) atoms. The number of benzene rings is 1. The molecule has 1 rings (SSSR count). The van der Waals surface area contributed by atoms with Gasteiger partial charge in [0.25, 0.3) is 0 Å². The highest BCUT2D eigenvalue weighted by atomic mass is 16.3. The van der Waals surface area contributed by atoms with Crippen molar-refractivity contribution < 1.29 is 15.3 Å². The largest absolute Gasteiger partial charge is 0.508 e. The second-order valence-corrected chi connectivity index (χ2v) is 2.39. The molecule has 0 bridgehead atoms. The third-order valence-corrected chi connectivity index (χ3v) is 1.42. The van der Waals surface area contributed by atoms with Crippen molar-refractivity contribution in [3.8, 4) is 11.5 Å². The molecule has 0 spiro atoms. The van der Waals surface area contributed by atoms with Gasteiger partial charge >= 0.3 is 0 Å². The molecular weight excluding hydrogens is 158 g/mol. The van der Waals surface area contributed by atoms with Gasteiger partial charge < -0.3 is 20.7 Å². The zero-order valence-electron chi connectivity index (χ0n) is 6.23. The summed E-state index contributed by atoms with van der Waals surface area (Å²) in [6, 6.07) is 3.73. The van der Waals surface area contributed by atoms with Crippen LogP contribution in [0.4, 0.5) is 0 Å². The molecule has 0 saturated carbocycles. The van der Waals surface area contributed by atoms with Crippen molar-refractivity contribution in [3.05, 3.63) is 23.8 Å². The minimum absolute atomic E-state index is 0.133. The number of hydrogen-bond acceptors (Lipinski definition) is 4. The Hall–Kier alpha value is -1.55. The third-order valence-electron chi connectivity index (χ3n) is 1.42. The summed E-state index contributed by atoms with van der Waals surface area (Å²) >= 11 is 0. The van der Waals surface area contributed by atoms with Gasteiger partial charge in [-0.2, -0.15) is 0 Å². The Morgan fingerprint density at radius 1 is 1.17 bits per heavy atom. The van der Waals surface area contributed by atoms with E-state index in [-0.39, 0.29) is 11.5 Å². The number of nitrogens with one attached hydrogen (secondary N) is 1. The SMILES string of the molecule is N=CC(O)c1cc(O)cc(O)c1. The number of phenolic OH excluding ortho intramolecular Hbond substituents is 2. The summed E-state index contributed by atoms with van der Waals surface area (Å²) < 4.78 is 0. The summed E-state index contributed by atoms with van der Waals surface area (Å²) in [5.74, 6) is -0.267. The van der Waals surface area contributed by atoms with Crippen molar-refractivity contribution in [1.29, 1.82) is 5.41 Å². The van der Waals surface area contributed by atoms with E-state index in [0.717, 1.165) is 12.3 Å². The van der Waals surface area contributed by atoms with E-state index >= 15 is 0 Å². The number of aliphatic hydroxyl groups excluding tert-OH is 1. The van der Waals surface area contributed by atoms with E-state index in [1.807, 2.05) is 0 Å². The zero-order valence-corrected chi connectivity index (χ0v) is 6.23. The quantitative estimate of drug-likeness (QED) is 0.491. The first kappa shape index (κ1) is 8.55. The first-order chi connectivity index (χ1) is 5.63. The first-order valence-electron chi connectivity index (χ1n) is 3.35. The molecule has 0 aliphatic heterocycles. The van der Waals surface area contributed by atoms with Gasteiger partial charge in [-0.25, -0.2) is 0 Å². The zero-order chi connectivity index (χ0) is 9.14. The lowest BCUT2D eigenvalue weighted by molar-refractivity contribution is 0.250. The second kappa shape index (κ2) is 3.23. The highest BCUT2D eigenvalue weighted by molar-refractivity contribution is 5.63. The molecular formula is C8H9NO3. The molecule has 0 aliphatic carbocycles. The smallest absolute Gasteiger partial charge is 0.119 e.